The van der Waals surface area contributed by atoms with E-state index >= 15 is 0 Å². The molecule has 4 N–H and O–H groups in total. The van der Waals surface area contributed by atoms with Gasteiger partial charge in [0.25, 0.3) is 0 Å². The number of nitrogens with two attached hydrogens (primary N) is 2. The molecular formula is C13H18N2O3. The van der Waals surface area contributed by atoms with Crippen LogP contribution in [-0.2, 0) is 19.8 Å². The lowest BCUT2D eigenvalue weighted by molar-refractivity contribution is -0.136. The number of amides is 1. The molecule has 1 atom stereocenters. The van der Waals surface area contributed by atoms with E-state index in [-0.39, 0.29) is 6.10 Å². The molecule has 0 saturated carbocycles. The quantitative estimate of drug-likeness (QED) is 0.751. The monoisotopic (exact) mass is 250 g/mol. The molecule has 2 rings (SSSR count). The van der Waals surface area contributed by atoms with Crippen molar-refractivity contribution in [3.05, 3.63) is 35.9 Å². The van der Waals surface area contributed by atoms with Gasteiger partial charge in [0.2, 0.25) is 5.91 Å². The first-order valence-electron chi connectivity index (χ1n) is 5.96. The van der Waals surface area contributed by atoms with Gasteiger partial charge < -0.3 is 20.9 Å². The van der Waals surface area contributed by atoms with Crippen molar-refractivity contribution >= 4 is 5.91 Å². The molecule has 1 aromatic rings. The van der Waals surface area contributed by atoms with E-state index in [0.29, 0.717) is 31.8 Å². The van der Waals surface area contributed by atoms with Crippen LogP contribution in [0, 0.1) is 0 Å². The molecule has 0 spiro atoms. The Morgan fingerprint density at radius 1 is 1.39 bits per heavy atom. The van der Waals surface area contributed by atoms with Crippen LogP contribution in [0.3, 0.4) is 0 Å². The molecule has 1 fully saturated rings. The highest BCUT2D eigenvalue weighted by atomic mass is 16.6. The summed E-state index contributed by atoms with van der Waals surface area (Å²) in [7, 11) is 0. The summed E-state index contributed by atoms with van der Waals surface area (Å²) < 4.78 is 10.5. The highest BCUT2D eigenvalue weighted by Gasteiger charge is 2.34. The molecule has 0 bridgehead atoms. The fourth-order valence-corrected chi connectivity index (χ4v) is 1.84. The number of carbonyl (C=O) groups is 1. The van der Waals surface area contributed by atoms with E-state index in [1.807, 2.05) is 18.2 Å². The highest BCUT2D eigenvalue weighted by molar-refractivity contribution is 5.85. The molecule has 98 valence electrons. The fraction of sp³-hybridized carbons (Fsp3) is 0.462. The minimum absolute atomic E-state index is 0.123. The number of hydrogen-bond acceptors (Lipinski definition) is 4. The molecular weight excluding hydrogens is 232 g/mol. The largest absolute Gasteiger partial charge is 0.376 e. The van der Waals surface area contributed by atoms with Gasteiger partial charge in [-0.15, -0.1) is 0 Å². The molecule has 1 unspecified atom stereocenters. The molecule has 1 aromatic carbocycles. The van der Waals surface area contributed by atoms with Crippen molar-refractivity contribution in [1.29, 1.82) is 0 Å². The molecule has 1 saturated heterocycles. The summed E-state index contributed by atoms with van der Waals surface area (Å²) in [5, 5.41) is 0. The van der Waals surface area contributed by atoms with Gasteiger partial charge in [0.05, 0.1) is 13.2 Å². The van der Waals surface area contributed by atoms with E-state index in [4.69, 9.17) is 20.9 Å². The zero-order chi connectivity index (χ0) is 13.0. The summed E-state index contributed by atoms with van der Waals surface area (Å²) in [6.07, 6.45) is 0.487. The molecule has 0 aromatic heterocycles. The van der Waals surface area contributed by atoms with Gasteiger partial charge in [0, 0.05) is 13.0 Å². The third-order valence-corrected chi connectivity index (χ3v) is 3.19. The van der Waals surface area contributed by atoms with E-state index in [2.05, 4.69) is 0 Å². The molecule has 18 heavy (non-hydrogen) atoms. The second-order valence-corrected chi connectivity index (χ2v) is 4.48. The maximum atomic E-state index is 11.6. The lowest BCUT2D eigenvalue weighted by atomic mass is 9.87. The molecule has 5 heteroatoms. The van der Waals surface area contributed by atoms with E-state index in [1.165, 1.54) is 0 Å². The molecule has 1 amide bonds. The zero-order valence-corrected chi connectivity index (χ0v) is 10.2. The van der Waals surface area contributed by atoms with E-state index < -0.39 is 11.4 Å². The second kappa shape index (κ2) is 5.48. The first-order chi connectivity index (χ1) is 8.63. The summed E-state index contributed by atoms with van der Waals surface area (Å²) in [6.45, 7) is 1.61. The Bertz CT molecular complexity index is 406. The lowest BCUT2D eigenvalue weighted by Crippen LogP contribution is -2.50. The van der Waals surface area contributed by atoms with Crippen molar-refractivity contribution in [2.75, 3.05) is 19.8 Å². The lowest BCUT2D eigenvalue weighted by Gasteiger charge is -2.30. The Balaban J connectivity index is 1.99. The van der Waals surface area contributed by atoms with Gasteiger partial charge in [-0.1, -0.05) is 30.3 Å². The number of rotatable bonds is 6. The van der Waals surface area contributed by atoms with E-state index in [1.54, 1.807) is 12.1 Å². The fourth-order valence-electron chi connectivity index (χ4n) is 1.84. The van der Waals surface area contributed by atoms with Gasteiger partial charge in [0.1, 0.15) is 11.6 Å². The molecule has 1 heterocycles. The number of primary amides is 1. The topological polar surface area (TPSA) is 87.6 Å². The Kier molecular flexibility index (Phi) is 3.96. The van der Waals surface area contributed by atoms with Crippen molar-refractivity contribution in [1.82, 2.24) is 0 Å². The smallest absolute Gasteiger partial charge is 0.242 e. The molecule has 1 aliphatic heterocycles. The van der Waals surface area contributed by atoms with Crippen LogP contribution in [0.25, 0.3) is 0 Å². The maximum absolute atomic E-state index is 11.6. The molecule has 1 aliphatic rings. The normalized spacial score (nSPS) is 18.9. The van der Waals surface area contributed by atoms with Crippen LogP contribution in [0.1, 0.15) is 12.0 Å². The Morgan fingerprint density at radius 3 is 2.56 bits per heavy atom. The van der Waals surface area contributed by atoms with Gasteiger partial charge >= 0.3 is 0 Å². The SMILES string of the molecule is NC(=O)C(N)(CCOC1COC1)c1ccccc1. The van der Waals surface area contributed by atoms with Gasteiger partial charge in [-0.25, -0.2) is 0 Å². The van der Waals surface area contributed by atoms with Crippen LogP contribution in [-0.4, -0.2) is 31.8 Å². The summed E-state index contributed by atoms with van der Waals surface area (Å²) in [5.41, 5.74) is 11.1. The van der Waals surface area contributed by atoms with Gasteiger partial charge in [-0.3, -0.25) is 4.79 Å². The Morgan fingerprint density at radius 2 is 2.06 bits per heavy atom. The van der Waals surface area contributed by atoms with Crippen LogP contribution in [0.2, 0.25) is 0 Å². The van der Waals surface area contributed by atoms with Crippen LogP contribution in [0.4, 0.5) is 0 Å². The summed E-state index contributed by atoms with van der Waals surface area (Å²) in [6, 6.07) is 9.14. The first kappa shape index (κ1) is 13.0. The predicted octanol–water partition coefficient (Wildman–Crippen LogP) is 0.131. The average molecular weight is 250 g/mol. The predicted molar refractivity (Wildman–Crippen MR) is 66.7 cm³/mol. The molecule has 5 nitrogen and oxygen atoms in total. The van der Waals surface area contributed by atoms with Gasteiger partial charge in [-0.2, -0.15) is 0 Å². The number of hydrogen-bond donors (Lipinski definition) is 2. The van der Waals surface area contributed by atoms with Crippen LogP contribution >= 0.6 is 0 Å². The summed E-state index contributed by atoms with van der Waals surface area (Å²) >= 11 is 0. The van der Waals surface area contributed by atoms with Crippen molar-refractivity contribution in [2.45, 2.75) is 18.1 Å². The van der Waals surface area contributed by atoms with Gasteiger partial charge in [0.15, 0.2) is 0 Å². The third-order valence-electron chi connectivity index (χ3n) is 3.19. The summed E-state index contributed by atoms with van der Waals surface area (Å²) in [5.74, 6) is -0.540. The van der Waals surface area contributed by atoms with Crippen LogP contribution in [0.15, 0.2) is 30.3 Å². The Hall–Kier alpha value is -1.43. The standard InChI is InChI=1S/C13H18N2O3/c14-12(16)13(15,10-4-2-1-3-5-10)6-7-18-11-8-17-9-11/h1-5,11H,6-9,15H2,(H2,14,16). The number of benzene rings is 1. The van der Waals surface area contributed by atoms with Crippen LogP contribution in [0.5, 0.6) is 0 Å². The maximum Gasteiger partial charge on any atom is 0.242 e. The van der Waals surface area contributed by atoms with Gasteiger partial charge in [-0.05, 0) is 5.56 Å². The van der Waals surface area contributed by atoms with Crippen molar-refractivity contribution in [3.63, 3.8) is 0 Å². The Labute approximate surface area is 106 Å². The van der Waals surface area contributed by atoms with Crippen molar-refractivity contribution in [3.8, 4) is 0 Å². The van der Waals surface area contributed by atoms with Crippen LogP contribution < -0.4 is 11.5 Å². The average Bonchev–Trinajstić information content (AvgIpc) is 2.33. The van der Waals surface area contributed by atoms with Crippen molar-refractivity contribution in [2.24, 2.45) is 11.5 Å². The van der Waals surface area contributed by atoms with Crippen molar-refractivity contribution < 1.29 is 14.3 Å². The number of carbonyl (C=O) groups excluding carboxylic acids is 1. The van der Waals surface area contributed by atoms with E-state index in [0.717, 1.165) is 0 Å². The molecule has 0 aliphatic carbocycles. The third kappa shape index (κ3) is 2.69. The number of ether oxygens (including phenoxy) is 2. The second-order valence-electron chi connectivity index (χ2n) is 4.48. The molecule has 0 radical (unpaired) electrons. The van der Waals surface area contributed by atoms with E-state index in [9.17, 15) is 4.79 Å². The first-order valence-corrected chi connectivity index (χ1v) is 5.96. The highest BCUT2D eigenvalue weighted by Crippen LogP contribution is 2.22. The summed E-state index contributed by atoms with van der Waals surface area (Å²) in [4.78, 5) is 11.6. The zero-order valence-electron chi connectivity index (χ0n) is 10.2. The minimum Gasteiger partial charge on any atom is -0.376 e. The minimum atomic E-state index is -1.17.